The van der Waals surface area contributed by atoms with Gasteiger partial charge in [0.15, 0.2) is 0 Å². The molecule has 2 N–H and O–H groups in total. The Morgan fingerprint density at radius 3 is 2.25 bits per heavy atom. The summed E-state index contributed by atoms with van der Waals surface area (Å²) in [5.41, 5.74) is 10.2. The van der Waals surface area contributed by atoms with Crippen molar-refractivity contribution in [1.29, 1.82) is 0 Å². The Balaban J connectivity index is 0.00000288. The molecule has 0 fully saturated rings. The maximum Gasteiger partial charge on any atom is 0.333 e. The second kappa shape index (κ2) is 9.91. The smallest absolute Gasteiger partial charge is 0.333 e. The van der Waals surface area contributed by atoms with Gasteiger partial charge >= 0.3 is 5.97 Å². The molecule has 1 atom stereocenters. The average molecular weight is 346 g/mol. The molecule has 2 aromatic carbocycles. The van der Waals surface area contributed by atoms with Gasteiger partial charge in [-0.1, -0.05) is 60.7 Å². The highest BCUT2D eigenvalue weighted by Crippen LogP contribution is 2.19. The van der Waals surface area contributed by atoms with Crippen LogP contribution in [0.25, 0.3) is 11.1 Å². The van der Waals surface area contributed by atoms with Crippen LogP contribution in [0.4, 0.5) is 0 Å². The molecule has 2 rings (SSSR count). The lowest BCUT2D eigenvalue weighted by Crippen LogP contribution is -2.21. The molecule has 0 spiro atoms. The summed E-state index contributed by atoms with van der Waals surface area (Å²) in [7, 11) is 0. The van der Waals surface area contributed by atoms with Crippen molar-refractivity contribution in [2.45, 2.75) is 26.3 Å². The summed E-state index contributed by atoms with van der Waals surface area (Å²) in [5, 5.41) is 0. The normalized spacial score (nSPS) is 12.2. The van der Waals surface area contributed by atoms with Crippen LogP contribution in [0.1, 0.15) is 19.4 Å². The Bertz CT molecular complexity index is 666. The van der Waals surface area contributed by atoms with Gasteiger partial charge in [0.2, 0.25) is 0 Å². The zero-order valence-corrected chi connectivity index (χ0v) is 14.9. The zero-order valence-electron chi connectivity index (χ0n) is 14.1. The fourth-order valence-electron chi connectivity index (χ4n) is 2.43. The number of halogens is 1. The number of rotatable bonds is 6. The first-order valence-electron chi connectivity index (χ1n) is 7.85. The van der Waals surface area contributed by atoms with E-state index in [1.807, 2.05) is 18.2 Å². The molecule has 0 unspecified atom stereocenters. The highest BCUT2D eigenvalue weighted by molar-refractivity contribution is 5.87. The number of hydrogen-bond donors (Lipinski definition) is 1. The van der Waals surface area contributed by atoms with Crippen LogP contribution in [0.3, 0.4) is 0 Å². The quantitative estimate of drug-likeness (QED) is 0.632. The molecular weight excluding hydrogens is 322 g/mol. The fraction of sp³-hybridized carbons (Fsp3) is 0.250. The summed E-state index contributed by atoms with van der Waals surface area (Å²) in [5.74, 6) is -0.303. The van der Waals surface area contributed by atoms with E-state index in [1.165, 1.54) is 11.1 Å². The van der Waals surface area contributed by atoms with E-state index in [-0.39, 0.29) is 24.4 Å². The van der Waals surface area contributed by atoms with Crippen LogP contribution in [0.15, 0.2) is 66.2 Å². The van der Waals surface area contributed by atoms with Crippen molar-refractivity contribution >= 4 is 18.4 Å². The summed E-state index contributed by atoms with van der Waals surface area (Å²) in [6, 6.07) is 18.4. The number of carbonyl (C=O) groups excluding carboxylic acids is 1. The lowest BCUT2D eigenvalue weighted by Gasteiger charge is -2.10. The predicted molar refractivity (Wildman–Crippen MR) is 101 cm³/mol. The fourth-order valence-corrected chi connectivity index (χ4v) is 2.43. The standard InChI is InChI=1S/C20H23NO2.ClH/c1-3-23-20(22)15(2)13-19(21)14-16-9-11-18(12-10-16)17-7-5-4-6-8-17;/h4-13,19H,3,14,21H2,1-2H3;1H/b15-13+;/t19-;/m0./s1. The van der Waals surface area contributed by atoms with Gasteiger partial charge in [-0.25, -0.2) is 4.79 Å². The summed E-state index contributed by atoms with van der Waals surface area (Å²) >= 11 is 0. The number of carbonyl (C=O) groups is 1. The Kier molecular flexibility index (Phi) is 8.24. The van der Waals surface area contributed by atoms with Crippen molar-refractivity contribution < 1.29 is 9.53 Å². The van der Waals surface area contributed by atoms with Gasteiger partial charge in [-0.2, -0.15) is 0 Å². The third-order valence-corrected chi connectivity index (χ3v) is 3.59. The molecule has 0 heterocycles. The summed E-state index contributed by atoms with van der Waals surface area (Å²) < 4.78 is 4.96. The van der Waals surface area contributed by atoms with Crippen LogP contribution in [0.5, 0.6) is 0 Å². The Hall–Kier alpha value is -2.10. The SMILES string of the molecule is CCOC(=O)/C(C)=C/[C@H](N)Cc1ccc(-c2ccccc2)cc1.Cl. The highest BCUT2D eigenvalue weighted by atomic mass is 35.5. The number of hydrogen-bond acceptors (Lipinski definition) is 3. The number of ether oxygens (including phenoxy) is 1. The van der Waals surface area contributed by atoms with E-state index in [1.54, 1.807) is 19.9 Å². The van der Waals surface area contributed by atoms with Crippen LogP contribution in [0, 0.1) is 0 Å². The minimum Gasteiger partial charge on any atom is -0.463 e. The largest absolute Gasteiger partial charge is 0.463 e. The van der Waals surface area contributed by atoms with E-state index in [9.17, 15) is 4.79 Å². The average Bonchev–Trinajstić information content (AvgIpc) is 2.56. The van der Waals surface area contributed by atoms with Crippen LogP contribution in [0.2, 0.25) is 0 Å². The molecule has 0 aliphatic carbocycles. The van der Waals surface area contributed by atoms with Gasteiger partial charge < -0.3 is 10.5 Å². The van der Waals surface area contributed by atoms with Gasteiger partial charge in [0, 0.05) is 11.6 Å². The Morgan fingerprint density at radius 2 is 1.67 bits per heavy atom. The second-order valence-electron chi connectivity index (χ2n) is 5.50. The molecular formula is C20H24ClNO2. The third kappa shape index (κ3) is 5.84. The van der Waals surface area contributed by atoms with Gasteiger partial charge in [0.05, 0.1) is 6.61 Å². The van der Waals surface area contributed by atoms with Crippen molar-refractivity contribution in [3.8, 4) is 11.1 Å². The van der Waals surface area contributed by atoms with E-state index >= 15 is 0 Å². The Labute approximate surface area is 149 Å². The minimum atomic E-state index is -0.303. The summed E-state index contributed by atoms with van der Waals surface area (Å²) in [4.78, 5) is 11.6. The molecule has 0 amide bonds. The van der Waals surface area contributed by atoms with Gasteiger partial charge in [-0.3, -0.25) is 0 Å². The van der Waals surface area contributed by atoms with Gasteiger partial charge in [-0.15, -0.1) is 12.4 Å². The van der Waals surface area contributed by atoms with Crippen LogP contribution in [-0.2, 0) is 16.0 Å². The van der Waals surface area contributed by atoms with Crippen LogP contribution >= 0.6 is 12.4 Å². The lowest BCUT2D eigenvalue weighted by atomic mass is 10.00. The van der Waals surface area contributed by atoms with Crippen molar-refractivity contribution in [2.75, 3.05) is 6.61 Å². The van der Waals surface area contributed by atoms with Crippen LogP contribution in [-0.4, -0.2) is 18.6 Å². The van der Waals surface area contributed by atoms with E-state index in [0.29, 0.717) is 18.6 Å². The first kappa shape index (κ1) is 19.9. The number of benzene rings is 2. The Morgan fingerprint density at radius 1 is 1.08 bits per heavy atom. The van der Waals surface area contributed by atoms with Gasteiger partial charge in [-0.05, 0) is 37.0 Å². The first-order valence-corrected chi connectivity index (χ1v) is 7.85. The van der Waals surface area contributed by atoms with Crippen LogP contribution < -0.4 is 5.73 Å². The van der Waals surface area contributed by atoms with E-state index in [0.717, 1.165) is 5.56 Å². The molecule has 0 radical (unpaired) electrons. The number of nitrogens with two attached hydrogens (primary N) is 1. The molecule has 0 aromatic heterocycles. The van der Waals surface area contributed by atoms with Crippen molar-refractivity contribution in [2.24, 2.45) is 5.73 Å². The second-order valence-corrected chi connectivity index (χ2v) is 5.50. The highest BCUT2D eigenvalue weighted by Gasteiger charge is 2.08. The van der Waals surface area contributed by atoms with Crippen molar-refractivity contribution in [3.05, 3.63) is 71.8 Å². The molecule has 0 saturated heterocycles. The molecule has 2 aromatic rings. The van der Waals surface area contributed by atoms with Gasteiger partial charge in [0.25, 0.3) is 0 Å². The molecule has 24 heavy (non-hydrogen) atoms. The topological polar surface area (TPSA) is 52.3 Å². The summed E-state index contributed by atoms with van der Waals surface area (Å²) in [6.07, 6.45) is 2.45. The summed E-state index contributed by atoms with van der Waals surface area (Å²) in [6.45, 7) is 3.90. The van der Waals surface area contributed by atoms with Crippen molar-refractivity contribution in [1.82, 2.24) is 0 Å². The molecule has 4 heteroatoms. The molecule has 0 aliphatic rings. The zero-order chi connectivity index (χ0) is 16.7. The number of esters is 1. The maximum atomic E-state index is 11.6. The molecule has 128 valence electrons. The molecule has 3 nitrogen and oxygen atoms in total. The first-order chi connectivity index (χ1) is 11.1. The van der Waals surface area contributed by atoms with Gasteiger partial charge in [0.1, 0.15) is 0 Å². The lowest BCUT2D eigenvalue weighted by molar-refractivity contribution is -0.138. The predicted octanol–water partition coefficient (Wildman–Crippen LogP) is 4.15. The molecule has 0 saturated carbocycles. The minimum absolute atomic E-state index is 0. The maximum absolute atomic E-state index is 11.6. The van der Waals surface area contributed by atoms with E-state index < -0.39 is 0 Å². The third-order valence-electron chi connectivity index (χ3n) is 3.59. The van der Waals surface area contributed by atoms with Crippen molar-refractivity contribution in [3.63, 3.8) is 0 Å². The molecule has 0 bridgehead atoms. The molecule has 0 aliphatic heterocycles. The van der Waals surface area contributed by atoms with E-state index in [4.69, 9.17) is 10.5 Å². The monoisotopic (exact) mass is 345 g/mol. The van der Waals surface area contributed by atoms with E-state index in [2.05, 4.69) is 36.4 Å².